The molecule has 0 fully saturated rings. The molecule has 0 amide bonds. The molecule has 0 atom stereocenters. The lowest BCUT2D eigenvalue weighted by molar-refractivity contribution is 1.17. The summed E-state index contributed by atoms with van der Waals surface area (Å²) in [5.74, 6) is 0.618. The molecule has 2 rings (SSSR count). The smallest absolute Gasteiger partial charge is 0.135 e. The molecule has 0 aliphatic carbocycles. The van der Waals surface area contributed by atoms with E-state index < -0.39 is 0 Å². The van der Waals surface area contributed by atoms with Crippen molar-refractivity contribution in [2.24, 2.45) is 0 Å². The number of benzene rings is 1. The summed E-state index contributed by atoms with van der Waals surface area (Å²) in [7, 11) is 0. The van der Waals surface area contributed by atoms with Crippen LogP contribution in [0.4, 0.5) is 17.2 Å². The van der Waals surface area contributed by atoms with Crippen LogP contribution in [0.25, 0.3) is 0 Å². The summed E-state index contributed by atoms with van der Waals surface area (Å²) in [6.07, 6.45) is 1.39. The second-order valence-electron chi connectivity index (χ2n) is 2.94. The van der Waals surface area contributed by atoms with Gasteiger partial charge in [-0.3, -0.25) is 0 Å². The van der Waals surface area contributed by atoms with Crippen LogP contribution in [0, 0.1) is 0 Å². The Morgan fingerprint density at radius 1 is 1.20 bits per heavy atom. The monoisotopic (exact) mass is 220 g/mol. The van der Waals surface area contributed by atoms with E-state index in [0.29, 0.717) is 16.7 Å². The fourth-order valence-corrected chi connectivity index (χ4v) is 1.30. The molecule has 0 aliphatic rings. The van der Waals surface area contributed by atoms with E-state index in [4.69, 9.17) is 17.3 Å². The Morgan fingerprint density at radius 3 is 2.73 bits per heavy atom. The lowest BCUT2D eigenvalue weighted by Crippen LogP contribution is -1.97. The molecule has 1 aromatic heterocycles. The third-order valence-electron chi connectivity index (χ3n) is 1.86. The highest BCUT2D eigenvalue weighted by Gasteiger charge is 1.99. The number of aromatic nitrogens is 2. The number of nitrogens with one attached hydrogen (secondary N) is 1. The number of halogens is 1. The fourth-order valence-electron chi connectivity index (χ4n) is 1.15. The zero-order valence-electron chi connectivity index (χ0n) is 7.81. The van der Waals surface area contributed by atoms with Crippen molar-refractivity contribution < 1.29 is 0 Å². The predicted octanol–water partition coefficient (Wildman–Crippen LogP) is 2.46. The number of anilines is 3. The molecule has 3 N–H and O–H groups in total. The summed E-state index contributed by atoms with van der Waals surface area (Å²) >= 11 is 5.73. The number of para-hydroxylation sites is 2. The van der Waals surface area contributed by atoms with E-state index in [1.807, 2.05) is 24.3 Å². The van der Waals surface area contributed by atoms with Crippen LogP contribution in [0.15, 0.2) is 36.7 Å². The minimum atomic E-state index is 0.391. The molecule has 76 valence electrons. The summed E-state index contributed by atoms with van der Waals surface area (Å²) in [5.41, 5.74) is 7.23. The van der Waals surface area contributed by atoms with Crippen molar-refractivity contribution in [1.82, 2.24) is 9.97 Å². The van der Waals surface area contributed by atoms with Crippen molar-refractivity contribution in [3.63, 3.8) is 0 Å². The standard InChI is InChI=1S/C10H9ClN4/c11-9-5-10(14-6-13-9)15-8-4-2-1-3-7(8)12/h1-6H,12H2,(H,13,14,15). The second kappa shape index (κ2) is 4.14. The maximum Gasteiger partial charge on any atom is 0.135 e. The molecule has 0 saturated heterocycles. The molecule has 4 nitrogen and oxygen atoms in total. The normalized spacial score (nSPS) is 9.93. The van der Waals surface area contributed by atoms with Crippen molar-refractivity contribution >= 4 is 28.8 Å². The van der Waals surface area contributed by atoms with Crippen molar-refractivity contribution in [1.29, 1.82) is 0 Å². The van der Waals surface area contributed by atoms with Crippen LogP contribution >= 0.6 is 11.6 Å². The van der Waals surface area contributed by atoms with Crippen molar-refractivity contribution in [3.8, 4) is 0 Å². The number of nitrogens with two attached hydrogens (primary N) is 1. The molecule has 0 radical (unpaired) electrons. The van der Waals surface area contributed by atoms with E-state index in [1.54, 1.807) is 6.07 Å². The molecule has 15 heavy (non-hydrogen) atoms. The molecule has 0 saturated carbocycles. The second-order valence-corrected chi connectivity index (χ2v) is 3.33. The predicted molar refractivity (Wildman–Crippen MR) is 61.2 cm³/mol. The summed E-state index contributed by atoms with van der Waals surface area (Å²) in [4.78, 5) is 7.80. The van der Waals surface area contributed by atoms with Gasteiger partial charge in [0.15, 0.2) is 0 Å². The van der Waals surface area contributed by atoms with Crippen LogP contribution in [-0.2, 0) is 0 Å². The van der Waals surface area contributed by atoms with Gasteiger partial charge in [0.1, 0.15) is 17.3 Å². The van der Waals surface area contributed by atoms with Crippen LogP contribution < -0.4 is 11.1 Å². The number of rotatable bonds is 2. The van der Waals surface area contributed by atoms with Crippen LogP contribution in [0.2, 0.25) is 5.15 Å². The first-order valence-corrected chi connectivity index (χ1v) is 4.72. The van der Waals surface area contributed by atoms with E-state index >= 15 is 0 Å². The van der Waals surface area contributed by atoms with Gasteiger partial charge in [-0.15, -0.1) is 0 Å². The molecule has 1 heterocycles. The highest BCUT2D eigenvalue weighted by atomic mass is 35.5. The van der Waals surface area contributed by atoms with Crippen LogP contribution in [0.5, 0.6) is 0 Å². The zero-order valence-corrected chi connectivity index (χ0v) is 8.57. The number of nitrogens with zero attached hydrogens (tertiary/aromatic N) is 2. The first-order valence-electron chi connectivity index (χ1n) is 4.35. The lowest BCUT2D eigenvalue weighted by atomic mass is 10.3. The van der Waals surface area contributed by atoms with Gasteiger partial charge in [-0.1, -0.05) is 23.7 Å². The molecule has 5 heteroatoms. The third-order valence-corrected chi connectivity index (χ3v) is 2.06. The fraction of sp³-hybridized carbons (Fsp3) is 0. The minimum absolute atomic E-state index is 0.391. The minimum Gasteiger partial charge on any atom is -0.397 e. The molecule has 0 aliphatic heterocycles. The molecular weight excluding hydrogens is 212 g/mol. The van der Waals surface area contributed by atoms with Crippen LogP contribution in [0.1, 0.15) is 0 Å². The third kappa shape index (κ3) is 2.35. The summed E-state index contributed by atoms with van der Waals surface area (Å²) < 4.78 is 0. The molecule has 0 bridgehead atoms. The Labute approximate surface area is 92.1 Å². The van der Waals surface area contributed by atoms with Gasteiger partial charge in [0, 0.05) is 6.07 Å². The van der Waals surface area contributed by atoms with Gasteiger partial charge in [0.05, 0.1) is 11.4 Å². The Morgan fingerprint density at radius 2 is 2.00 bits per heavy atom. The maximum absolute atomic E-state index is 5.77. The molecular formula is C10H9ClN4. The van der Waals surface area contributed by atoms with Gasteiger partial charge in [-0.2, -0.15) is 0 Å². The lowest BCUT2D eigenvalue weighted by Gasteiger charge is -2.07. The topological polar surface area (TPSA) is 63.8 Å². The Hall–Kier alpha value is -1.81. The molecule has 1 aromatic carbocycles. The summed E-state index contributed by atoms with van der Waals surface area (Å²) in [6.45, 7) is 0. The molecule has 2 aromatic rings. The number of hydrogen-bond donors (Lipinski definition) is 2. The van der Waals surface area contributed by atoms with Gasteiger partial charge < -0.3 is 11.1 Å². The summed E-state index contributed by atoms with van der Waals surface area (Å²) in [6, 6.07) is 9.07. The Balaban J connectivity index is 2.26. The quantitative estimate of drug-likeness (QED) is 0.603. The average Bonchev–Trinajstić information content (AvgIpc) is 2.22. The highest BCUT2D eigenvalue weighted by molar-refractivity contribution is 6.29. The number of hydrogen-bond acceptors (Lipinski definition) is 4. The van der Waals surface area contributed by atoms with E-state index in [1.165, 1.54) is 6.33 Å². The van der Waals surface area contributed by atoms with Crippen molar-refractivity contribution in [3.05, 3.63) is 41.8 Å². The van der Waals surface area contributed by atoms with Crippen LogP contribution in [0.3, 0.4) is 0 Å². The maximum atomic E-state index is 5.77. The van der Waals surface area contributed by atoms with Gasteiger partial charge in [0.25, 0.3) is 0 Å². The van der Waals surface area contributed by atoms with Gasteiger partial charge in [0.2, 0.25) is 0 Å². The average molecular weight is 221 g/mol. The van der Waals surface area contributed by atoms with Crippen LogP contribution in [-0.4, -0.2) is 9.97 Å². The van der Waals surface area contributed by atoms with Gasteiger partial charge >= 0.3 is 0 Å². The van der Waals surface area contributed by atoms with Gasteiger partial charge in [-0.05, 0) is 12.1 Å². The molecule has 0 spiro atoms. The van der Waals surface area contributed by atoms with Gasteiger partial charge in [-0.25, -0.2) is 9.97 Å². The Bertz CT molecular complexity index is 472. The summed E-state index contributed by atoms with van der Waals surface area (Å²) in [5, 5.41) is 3.44. The molecule has 0 unspecified atom stereocenters. The van der Waals surface area contributed by atoms with Crippen molar-refractivity contribution in [2.75, 3.05) is 11.1 Å². The first-order chi connectivity index (χ1) is 7.25. The first kappa shape index (κ1) is 9.73. The van der Waals surface area contributed by atoms with E-state index in [0.717, 1.165) is 5.69 Å². The van der Waals surface area contributed by atoms with E-state index in [-0.39, 0.29) is 0 Å². The highest BCUT2D eigenvalue weighted by Crippen LogP contribution is 2.21. The van der Waals surface area contributed by atoms with E-state index in [9.17, 15) is 0 Å². The Kier molecular flexibility index (Phi) is 2.69. The largest absolute Gasteiger partial charge is 0.397 e. The SMILES string of the molecule is Nc1ccccc1Nc1cc(Cl)ncn1. The number of nitrogen functional groups attached to an aromatic ring is 1. The van der Waals surface area contributed by atoms with Crippen molar-refractivity contribution in [2.45, 2.75) is 0 Å². The zero-order chi connectivity index (χ0) is 10.7. The van der Waals surface area contributed by atoms with E-state index in [2.05, 4.69) is 15.3 Å².